The number of carbonyl (C=O) groups is 1. The van der Waals surface area contributed by atoms with Gasteiger partial charge in [0.1, 0.15) is 11.4 Å². The second-order valence-corrected chi connectivity index (χ2v) is 8.82. The number of H-pyrrole nitrogens is 1. The predicted octanol–water partition coefficient (Wildman–Crippen LogP) is 3.96. The Morgan fingerprint density at radius 1 is 1.14 bits per heavy atom. The molecule has 4 heterocycles. The van der Waals surface area contributed by atoms with Crippen molar-refractivity contribution >= 4 is 5.91 Å². The van der Waals surface area contributed by atoms with Crippen LogP contribution in [-0.2, 0) is 12.8 Å². The second-order valence-electron chi connectivity index (χ2n) is 8.82. The minimum Gasteiger partial charge on any atom is -0.496 e. The summed E-state index contributed by atoms with van der Waals surface area (Å²) in [5.41, 5.74) is 4.21. The van der Waals surface area contributed by atoms with Gasteiger partial charge in [0.2, 0.25) is 0 Å². The Balaban J connectivity index is 1.26. The molecule has 1 saturated heterocycles. The first kappa shape index (κ1) is 22.7. The highest BCUT2D eigenvalue weighted by Gasteiger charge is 2.25. The number of imidazole rings is 1. The summed E-state index contributed by atoms with van der Waals surface area (Å²) >= 11 is 0. The summed E-state index contributed by atoms with van der Waals surface area (Å²) < 4.78 is 5.46. The number of benzene rings is 1. The molecule has 0 unspecified atom stereocenters. The number of hydrogen-bond acceptors (Lipinski definition) is 6. The minimum absolute atomic E-state index is 0.0498. The zero-order chi connectivity index (χ0) is 24.0. The average molecular weight is 469 g/mol. The molecule has 3 aromatic heterocycles. The Kier molecular flexibility index (Phi) is 6.79. The largest absolute Gasteiger partial charge is 0.496 e. The standard InChI is InChI=1S/C27H28N6O2/c1-35-25-7-3-2-6-20(25)14-22-15-21(8-9-29-22)27(34)33-12-4-5-19(18-33)13-23-16-28-17-24(32-23)26-30-10-11-31-26/h2-3,6-11,15-17,19H,4-5,12-14,18H2,1H3,(H,30,31)/t19-/m1/s1. The summed E-state index contributed by atoms with van der Waals surface area (Å²) in [6.07, 6.45) is 12.1. The summed E-state index contributed by atoms with van der Waals surface area (Å²) in [6, 6.07) is 11.6. The van der Waals surface area contributed by atoms with E-state index in [4.69, 9.17) is 9.72 Å². The highest BCUT2D eigenvalue weighted by Crippen LogP contribution is 2.24. The number of aromatic nitrogens is 5. The number of amides is 1. The third kappa shape index (κ3) is 5.37. The van der Waals surface area contributed by atoms with E-state index in [-0.39, 0.29) is 5.91 Å². The molecule has 0 bridgehead atoms. The number of ether oxygens (including phenoxy) is 1. The van der Waals surface area contributed by atoms with E-state index in [1.807, 2.05) is 35.2 Å². The number of para-hydroxylation sites is 1. The highest BCUT2D eigenvalue weighted by atomic mass is 16.5. The van der Waals surface area contributed by atoms with Gasteiger partial charge in [0.05, 0.1) is 19.0 Å². The van der Waals surface area contributed by atoms with Gasteiger partial charge in [-0.1, -0.05) is 18.2 Å². The number of likely N-dealkylation sites (tertiary alicyclic amines) is 1. The molecule has 1 N–H and O–H groups in total. The minimum atomic E-state index is 0.0498. The molecule has 178 valence electrons. The van der Waals surface area contributed by atoms with Crippen LogP contribution in [0.5, 0.6) is 5.75 Å². The molecule has 1 amide bonds. The van der Waals surface area contributed by atoms with Crippen molar-refractivity contribution in [3.05, 3.63) is 89.9 Å². The van der Waals surface area contributed by atoms with Gasteiger partial charge in [-0.15, -0.1) is 0 Å². The van der Waals surface area contributed by atoms with Crippen LogP contribution in [0.25, 0.3) is 11.5 Å². The molecule has 1 fully saturated rings. The molecular formula is C27H28N6O2. The van der Waals surface area contributed by atoms with Crippen molar-refractivity contribution in [2.75, 3.05) is 20.2 Å². The van der Waals surface area contributed by atoms with E-state index in [0.29, 0.717) is 30.3 Å². The Morgan fingerprint density at radius 3 is 2.91 bits per heavy atom. The smallest absolute Gasteiger partial charge is 0.253 e. The molecule has 0 spiro atoms. The van der Waals surface area contributed by atoms with Crippen molar-refractivity contribution in [2.45, 2.75) is 25.7 Å². The molecule has 1 aliphatic rings. The maximum absolute atomic E-state index is 13.4. The van der Waals surface area contributed by atoms with Crippen LogP contribution in [0.1, 0.15) is 40.2 Å². The van der Waals surface area contributed by atoms with Crippen molar-refractivity contribution in [3.63, 3.8) is 0 Å². The molecule has 0 radical (unpaired) electrons. The lowest BCUT2D eigenvalue weighted by atomic mass is 9.93. The Bertz CT molecular complexity index is 1290. The summed E-state index contributed by atoms with van der Waals surface area (Å²) in [5.74, 6) is 1.92. The van der Waals surface area contributed by atoms with Crippen molar-refractivity contribution in [2.24, 2.45) is 5.92 Å². The lowest BCUT2D eigenvalue weighted by Gasteiger charge is -2.32. The van der Waals surface area contributed by atoms with Crippen molar-refractivity contribution in [1.29, 1.82) is 0 Å². The molecule has 1 atom stereocenters. The predicted molar refractivity (Wildman–Crippen MR) is 132 cm³/mol. The first-order valence-electron chi connectivity index (χ1n) is 11.9. The summed E-state index contributed by atoms with van der Waals surface area (Å²) in [5, 5.41) is 0. The van der Waals surface area contributed by atoms with Gasteiger partial charge in [-0.25, -0.2) is 9.97 Å². The number of carbonyl (C=O) groups excluding carboxylic acids is 1. The number of pyridine rings is 1. The second kappa shape index (κ2) is 10.5. The van der Waals surface area contributed by atoms with Gasteiger partial charge in [-0.05, 0) is 43.4 Å². The number of rotatable bonds is 7. The Morgan fingerprint density at radius 2 is 2.06 bits per heavy atom. The SMILES string of the molecule is COc1ccccc1Cc1cc(C(=O)N2CCC[C@H](Cc3cncc(-c4ncc[nH]4)n3)C2)ccn1. The first-order valence-corrected chi connectivity index (χ1v) is 11.9. The quantitative estimate of drug-likeness (QED) is 0.441. The average Bonchev–Trinajstić information content (AvgIpc) is 3.44. The molecule has 0 saturated carbocycles. The summed E-state index contributed by atoms with van der Waals surface area (Å²) in [7, 11) is 1.66. The van der Waals surface area contributed by atoms with Crippen LogP contribution in [0.3, 0.4) is 0 Å². The zero-order valence-electron chi connectivity index (χ0n) is 19.7. The van der Waals surface area contributed by atoms with E-state index < -0.39 is 0 Å². The van der Waals surface area contributed by atoms with Gasteiger partial charge in [-0.3, -0.25) is 14.8 Å². The van der Waals surface area contributed by atoms with Crippen LogP contribution >= 0.6 is 0 Å². The monoisotopic (exact) mass is 468 g/mol. The van der Waals surface area contributed by atoms with E-state index in [9.17, 15) is 4.79 Å². The third-order valence-corrected chi connectivity index (χ3v) is 6.36. The molecule has 35 heavy (non-hydrogen) atoms. The van der Waals surface area contributed by atoms with Gasteiger partial charge in [0.15, 0.2) is 5.82 Å². The van der Waals surface area contributed by atoms with Gasteiger partial charge in [0, 0.05) is 61.1 Å². The molecular weight excluding hydrogens is 440 g/mol. The van der Waals surface area contributed by atoms with Crippen LogP contribution in [0.2, 0.25) is 0 Å². The molecule has 0 aliphatic carbocycles. The molecule has 4 aromatic rings. The molecule has 5 rings (SSSR count). The fourth-order valence-electron chi connectivity index (χ4n) is 4.67. The zero-order valence-corrected chi connectivity index (χ0v) is 19.7. The van der Waals surface area contributed by atoms with Crippen molar-refractivity contribution < 1.29 is 9.53 Å². The number of nitrogens with one attached hydrogen (secondary N) is 1. The highest BCUT2D eigenvalue weighted by molar-refractivity contribution is 5.94. The van der Waals surface area contributed by atoms with E-state index in [2.05, 4.69) is 19.9 Å². The number of nitrogens with zero attached hydrogens (tertiary/aromatic N) is 5. The number of methoxy groups -OCH3 is 1. The fourth-order valence-corrected chi connectivity index (χ4v) is 4.67. The van der Waals surface area contributed by atoms with Crippen molar-refractivity contribution in [1.82, 2.24) is 29.8 Å². The lowest BCUT2D eigenvalue weighted by Crippen LogP contribution is -2.40. The van der Waals surface area contributed by atoms with Crippen molar-refractivity contribution in [3.8, 4) is 17.3 Å². The molecule has 1 aromatic carbocycles. The molecule has 1 aliphatic heterocycles. The summed E-state index contributed by atoms with van der Waals surface area (Å²) in [6.45, 7) is 1.47. The molecule has 8 heteroatoms. The van der Waals surface area contributed by atoms with Gasteiger partial charge in [0.25, 0.3) is 5.91 Å². The number of piperidine rings is 1. The van der Waals surface area contributed by atoms with Gasteiger partial charge >= 0.3 is 0 Å². The van der Waals surface area contributed by atoms with E-state index in [1.165, 1.54) is 0 Å². The number of aromatic amines is 1. The molecule has 8 nitrogen and oxygen atoms in total. The van der Waals surface area contributed by atoms with Crippen LogP contribution in [0.15, 0.2) is 67.4 Å². The Hall–Kier alpha value is -4.07. The maximum Gasteiger partial charge on any atom is 0.253 e. The maximum atomic E-state index is 13.4. The fraction of sp³-hybridized carbons (Fsp3) is 0.296. The van der Waals surface area contributed by atoms with Crippen LogP contribution in [0, 0.1) is 5.92 Å². The summed E-state index contributed by atoms with van der Waals surface area (Å²) in [4.78, 5) is 36.2. The lowest BCUT2D eigenvalue weighted by molar-refractivity contribution is 0.0672. The van der Waals surface area contributed by atoms with Gasteiger partial charge < -0.3 is 14.6 Å². The van der Waals surface area contributed by atoms with Gasteiger partial charge in [-0.2, -0.15) is 0 Å². The van der Waals surface area contributed by atoms with E-state index in [1.54, 1.807) is 44.2 Å². The Labute approximate surface area is 204 Å². The topological polar surface area (TPSA) is 96.9 Å². The van der Waals surface area contributed by atoms with Crippen LogP contribution in [-0.4, -0.2) is 55.9 Å². The normalized spacial score (nSPS) is 15.7. The van der Waals surface area contributed by atoms with Crippen LogP contribution < -0.4 is 4.74 Å². The first-order chi connectivity index (χ1) is 17.2. The number of hydrogen-bond donors (Lipinski definition) is 1. The van der Waals surface area contributed by atoms with E-state index >= 15 is 0 Å². The van der Waals surface area contributed by atoms with Crippen LogP contribution in [0.4, 0.5) is 0 Å². The third-order valence-electron chi connectivity index (χ3n) is 6.36. The van der Waals surface area contributed by atoms with E-state index in [0.717, 1.165) is 54.2 Å².